The van der Waals surface area contributed by atoms with Gasteiger partial charge in [-0.15, -0.1) is 0 Å². The number of anilines is 2. The van der Waals surface area contributed by atoms with E-state index >= 15 is 0 Å². The van der Waals surface area contributed by atoms with Crippen LogP contribution in [-0.4, -0.2) is 39.4 Å². The van der Waals surface area contributed by atoms with Crippen LogP contribution in [0.2, 0.25) is 0 Å². The highest BCUT2D eigenvalue weighted by atomic mass is 16.5. The lowest BCUT2D eigenvalue weighted by atomic mass is 9.49. The number of rotatable bonds is 9. The van der Waals surface area contributed by atoms with Gasteiger partial charge in [0.25, 0.3) is 0 Å². The first-order valence-corrected chi connectivity index (χ1v) is 14.7. The molecule has 0 bridgehead atoms. The third-order valence-corrected chi connectivity index (χ3v) is 9.46. The molecule has 0 heterocycles. The normalized spacial score (nSPS) is 23.7. The van der Waals surface area contributed by atoms with Gasteiger partial charge in [-0.1, -0.05) is 40.2 Å². The van der Waals surface area contributed by atoms with Gasteiger partial charge in [-0.3, -0.25) is 9.59 Å². The largest absolute Gasteiger partial charge is 0.388 e. The summed E-state index contributed by atoms with van der Waals surface area (Å²) < 4.78 is 5.14. The molecule has 5 nitrogen and oxygen atoms in total. The van der Waals surface area contributed by atoms with Crippen LogP contribution in [0.3, 0.4) is 0 Å². The van der Waals surface area contributed by atoms with Crippen molar-refractivity contribution >= 4 is 22.9 Å². The first kappa shape index (κ1) is 30.9. The molecule has 2 aliphatic rings. The minimum absolute atomic E-state index is 0.0245. The second-order valence-electron chi connectivity index (χ2n) is 12.2. The van der Waals surface area contributed by atoms with Crippen molar-refractivity contribution in [3.63, 3.8) is 0 Å². The first-order valence-electron chi connectivity index (χ1n) is 14.7. The van der Waals surface area contributed by atoms with Gasteiger partial charge in [0, 0.05) is 56.6 Å². The predicted molar refractivity (Wildman–Crippen MR) is 163 cm³/mol. The molecule has 4 rings (SSSR count). The lowest BCUT2D eigenvalue weighted by Crippen LogP contribution is -2.51. The van der Waals surface area contributed by atoms with E-state index in [4.69, 9.17) is 4.74 Å². The number of ether oxygens (including phenoxy) is 1. The van der Waals surface area contributed by atoms with Crippen molar-refractivity contribution in [2.75, 3.05) is 38.4 Å². The number of ketones is 2. The number of Topliss-reactive ketones (excluding diaryl/α,β-unsaturated/α-hetero) is 2. The molecule has 0 saturated heterocycles. The van der Waals surface area contributed by atoms with Gasteiger partial charge in [-0.25, -0.2) is 0 Å². The van der Waals surface area contributed by atoms with Gasteiger partial charge in [0.15, 0.2) is 5.78 Å². The molecule has 3 atom stereocenters. The summed E-state index contributed by atoms with van der Waals surface area (Å²) in [6, 6.07) is 12.7. The average molecular weight is 535 g/mol. The maximum atomic E-state index is 13.1. The molecule has 0 aromatic heterocycles. The average Bonchev–Trinajstić information content (AvgIpc) is 2.92. The van der Waals surface area contributed by atoms with E-state index in [1.807, 2.05) is 38.4 Å². The van der Waals surface area contributed by atoms with E-state index in [1.54, 1.807) is 14.0 Å². The fourth-order valence-electron chi connectivity index (χ4n) is 6.99. The molecule has 1 saturated carbocycles. The van der Waals surface area contributed by atoms with Gasteiger partial charge in [-0.2, -0.15) is 0 Å². The Hall–Kier alpha value is -2.66. The maximum Gasteiger partial charge on any atom is 0.163 e. The van der Waals surface area contributed by atoms with Crippen LogP contribution in [0.25, 0.3) is 0 Å². The summed E-state index contributed by atoms with van der Waals surface area (Å²) in [5, 5.41) is 6.10. The molecule has 2 N–H and O–H groups in total. The molecule has 3 unspecified atom stereocenters. The summed E-state index contributed by atoms with van der Waals surface area (Å²) in [7, 11) is 5.50. The molecular weight excluding hydrogens is 484 g/mol. The van der Waals surface area contributed by atoms with Gasteiger partial charge in [0.05, 0.1) is 0 Å². The molecule has 5 heteroatoms. The number of hydrogen-bond acceptors (Lipinski definition) is 5. The van der Waals surface area contributed by atoms with Crippen LogP contribution < -0.4 is 10.6 Å². The van der Waals surface area contributed by atoms with Gasteiger partial charge in [-0.05, 0) is 103 Å². The number of carbonyl (C=O) groups excluding carboxylic acids is 2. The van der Waals surface area contributed by atoms with Crippen LogP contribution in [0.5, 0.6) is 0 Å². The molecule has 0 aliphatic heterocycles. The highest BCUT2D eigenvalue weighted by molar-refractivity contribution is 5.98. The van der Waals surface area contributed by atoms with E-state index in [2.05, 4.69) is 50.5 Å². The van der Waals surface area contributed by atoms with Crippen LogP contribution in [-0.2, 0) is 21.4 Å². The number of carbonyl (C=O) groups is 2. The van der Waals surface area contributed by atoms with Gasteiger partial charge < -0.3 is 15.4 Å². The molecule has 39 heavy (non-hydrogen) atoms. The second kappa shape index (κ2) is 13.1. The summed E-state index contributed by atoms with van der Waals surface area (Å²) >= 11 is 0. The number of fused-ring (bicyclic) bond motifs is 3. The van der Waals surface area contributed by atoms with Gasteiger partial charge in [0.1, 0.15) is 5.78 Å². The van der Waals surface area contributed by atoms with Crippen molar-refractivity contribution in [3.05, 3.63) is 58.7 Å². The molecule has 214 valence electrons. The lowest BCUT2D eigenvalue weighted by molar-refractivity contribution is -0.134. The van der Waals surface area contributed by atoms with Crippen LogP contribution in [0.15, 0.2) is 36.4 Å². The van der Waals surface area contributed by atoms with E-state index in [9.17, 15) is 9.59 Å². The van der Waals surface area contributed by atoms with Crippen molar-refractivity contribution in [1.29, 1.82) is 0 Å². The molecule has 0 radical (unpaired) electrons. The van der Waals surface area contributed by atoms with Crippen molar-refractivity contribution in [1.82, 2.24) is 0 Å². The lowest BCUT2D eigenvalue weighted by Gasteiger charge is -2.54. The Morgan fingerprint density at radius 1 is 1.03 bits per heavy atom. The minimum Gasteiger partial charge on any atom is -0.388 e. The van der Waals surface area contributed by atoms with Crippen LogP contribution >= 0.6 is 0 Å². The molecule has 2 aliphatic carbocycles. The molecular formula is C34H50N2O3. The fourth-order valence-corrected chi connectivity index (χ4v) is 6.99. The Morgan fingerprint density at radius 3 is 2.15 bits per heavy atom. The third-order valence-electron chi connectivity index (χ3n) is 9.46. The van der Waals surface area contributed by atoms with Crippen molar-refractivity contribution < 1.29 is 14.3 Å². The highest BCUT2D eigenvalue weighted by Crippen LogP contribution is 2.58. The topological polar surface area (TPSA) is 67.4 Å². The summed E-state index contributed by atoms with van der Waals surface area (Å²) in [6.07, 6.45) is 6.53. The van der Waals surface area contributed by atoms with Gasteiger partial charge in [0.2, 0.25) is 0 Å². The zero-order chi connectivity index (χ0) is 28.8. The summed E-state index contributed by atoms with van der Waals surface area (Å²) in [5.41, 5.74) is 6.81. The highest BCUT2D eigenvalue weighted by Gasteiger charge is 2.53. The monoisotopic (exact) mass is 534 g/mol. The molecule has 0 amide bonds. The fraction of sp³-hybridized carbons (Fsp3) is 0.588. The van der Waals surface area contributed by atoms with E-state index < -0.39 is 0 Å². The Kier molecular flexibility index (Phi) is 10.4. The summed E-state index contributed by atoms with van der Waals surface area (Å²) in [5.74, 6) is 1.23. The smallest absolute Gasteiger partial charge is 0.163 e. The van der Waals surface area contributed by atoms with Crippen LogP contribution in [0.4, 0.5) is 11.4 Å². The molecule has 0 spiro atoms. The molecule has 2 aromatic rings. The quantitative estimate of drug-likeness (QED) is 0.254. The Labute approximate surface area is 236 Å². The van der Waals surface area contributed by atoms with Crippen molar-refractivity contribution in [2.45, 2.75) is 90.9 Å². The first-order chi connectivity index (χ1) is 18.5. The zero-order valence-electron chi connectivity index (χ0n) is 25.5. The third kappa shape index (κ3) is 6.57. The van der Waals surface area contributed by atoms with E-state index in [0.717, 1.165) is 55.5 Å². The molecule has 2 aromatic carbocycles. The van der Waals surface area contributed by atoms with Crippen LogP contribution in [0, 0.1) is 11.3 Å². The number of aryl methyl sites for hydroxylation is 1. The van der Waals surface area contributed by atoms with Crippen LogP contribution in [0.1, 0.15) is 106 Å². The van der Waals surface area contributed by atoms with E-state index in [1.165, 1.54) is 16.7 Å². The Balaban J connectivity index is 0.000000353. The molecule has 1 fully saturated rings. The number of nitrogens with one attached hydrogen (secondary N) is 2. The second-order valence-corrected chi connectivity index (χ2v) is 12.2. The number of benzene rings is 2. The van der Waals surface area contributed by atoms with E-state index in [-0.39, 0.29) is 16.6 Å². The van der Waals surface area contributed by atoms with E-state index in [0.29, 0.717) is 30.6 Å². The Morgan fingerprint density at radius 2 is 1.64 bits per heavy atom. The SMILES string of the molecule is CNc1ccc(NC)cc1.COCCCC(=O)c1cc2c(cc1C(C)C)CCC1C(C)(C(C)=O)CCCC21C. The zero-order valence-corrected chi connectivity index (χ0v) is 25.5. The summed E-state index contributed by atoms with van der Waals surface area (Å²) in [6.45, 7) is 11.3. The van der Waals surface area contributed by atoms with Gasteiger partial charge >= 0.3 is 0 Å². The standard InChI is InChI=1S/C26H38O3.C8H12N2/c1-17(2)20-15-19-10-11-24-25(4,18(3)27)12-8-13-26(24,5)22(19)16-21(20)23(28)9-7-14-29-6;1-9-7-3-5-8(10-2)6-4-7/h15-17,24H,7-14H2,1-6H3;3-6,9-10H,1-2H3. The number of hydrogen-bond donors (Lipinski definition) is 2. The summed E-state index contributed by atoms with van der Waals surface area (Å²) in [4.78, 5) is 25.7. The maximum absolute atomic E-state index is 13.1. The van der Waals surface area contributed by atoms with Crippen molar-refractivity contribution in [3.8, 4) is 0 Å². The predicted octanol–water partition coefficient (Wildman–Crippen LogP) is 7.79. The number of methoxy groups -OCH3 is 1. The Bertz CT molecular complexity index is 1120. The van der Waals surface area contributed by atoms with Crippen molar-refractivity contribution in [2.24, 2.45) is 11.3 Å². The minimum atomic E-state index is -0.246.